The molecule has 0 saturated carbocycles. The van der Waals surface area contributed by atoms with E-state index in [4.69, 9.17) is 4.74 Å². The molecule has 0 N–H and O–H groups in total. The minimum Gasteiger partial charge on any atom is -0.497 e. The molecule has 1 fully saturated rings. The second kappa shape index (κ2) is 9.55. The number of hydrogen-bond donors (Lipinski definition) is 0. The summed E-state index contributed by atoms with van der Waals surface area (Å²) in [5.74, 6) is 1.02. The zero-order valence-corrected chi connectivity index (χ0v) is 17.2. The van der Waals surface area contributed by atoms with Gasteiger partial charge in [-0.3, -0.25) is 9.59 Å². The second-order valence-electron chi connectivity index (χ2n) is 6.86. The summed E-state index contributed by atoms with van der Waals surface area (Å²) in [6.45, 7) is 4.22. The molecule has 1 aromatic heterocycles. The molecule has 0 radical (unpaired) electrons. The smallest absolute Gasteiger partial charge is 0.249 e. The van der Waals surface area contributed by atoms with Gasteiger partial charge >= 0.3 is 0 Å². The van der Waals surface area contributed by atoms with Crippen LogP contribution >= 0.6 is 11.3 Å². The number of carbonyl (C=O) groups is 2. The van der Waals surface area contributed by atoms with Crippen LogP contribution in [0.15, 0.2) is 47.4 Å². The monoisotopic (exact) mass is 398 g/mol. The molecule has 1 aromatic carbocycles. The highest BCUT2D eigenvalue weighted by atomic mass is 32.1. The van der Waals surface area contributed by atoms with E-state index in [0.717, 1.165) is 21.8 Å². The van der Waals surface area contributed by atoms with Crippen LogP contribution in [0, 0.1) is 0 Å². The van der Waals surface area contributed by atoms with E-state index < -0.39 is 0 Å². The van der Waals surface area contributed by atoms with E-state index >= 15 is 0 Å². The van der Waals surface area contributed by atoms with Crippen LogP contribution in [0.2, 0.25) is 0 Å². The number of piperazine rings is 1. The lowest BCUT2D eigenvalue weighted by molar-refractivity contribution is -0.137. The Hall–Kier alpha value is -2.60. The van der Waals surface area contributed by atoms with Crippen molar-refractivity contribution in [3.05, 3.63) is 57.8 Å². The fourth-order valence-electron chi connectivity index (χ4n) is 3.26. The van der Waals surface area contributed by atoms with Gasteiger partial charge < -0.3 is 14.5 Å². The molecule has 0 atom stereocenters. The highest BCUT2D eigenvalue weighted by molar-refractivity contribution is 7.10. The second-order valence-corrected chi connectivity index (χ2v) is 7.84. The van der Waals surface area contributed by atoms with E-state index in [1.54, 1.807) is 18.4 Å². The van der Waals surface area contributed by atoms with E-state index in [0.29, 0.717) is 39.0 Å². The van der Waals surface area contributed by atoms with Crippen LogP contribution < -0.4 is 4.74 Å². The van der Waals surface area contributed by atoms with Crippen molar-refractivity contribution in [3.63, 3.8) is 0 Å². The lowest BCUT2D eigenvalue weighted by Gasteiger charge is -2.35. The minimum atomic E-state index is 0.0544. The fraction of sp³-hybridized carbons (Fsp3) is 0.364. The van der Waals surface area contributed by atoms with Gasteiger partial charge in [-0.1, -0.05) is 18.2 Å². The summed E-state index contributed by atoms with van der Waals surface area (Å²) in [6.07, 6.45) is 3.13. The van der Waals surface area contributed by atoms with Gasteiger partial charge in [0.25, 0.3) is 0 Å². The molecule has 1 aliphatic heterocycles. The number of benzene rings is 1. The Bertz CT molecular complexity index is 820. The number of ether oxygens (including phenoxy) is 1. The number of carbonyl (C=O) groups excluding carboxylic acids is 2. The first-order valence-electron chi connectivity index (χ1n) is 9.48. The topological polar surface area (TPSA) is 49.9 Å². The number of methoxy groups -OCH3 is 1. The van der Waals surface area contributed by atoms with Crippen LogP contribution in [0.4, 0.5) is 0 Å². The van der Waals surface area contributed by atoms with Crippen molar-refractivity contribution in [3.8, 4) is 5.75 Å². The van der Waals surface area contributed by atoms with Crippen molar-refractivity contribution in [1.29, 1.82) is 0 Å². The fourth-order valence-corrected chi connectivity index (χ4v) is 3.97. The molecular formula is C22H26N2O3S. The number of amides is 2. The van der Waals surface area contributed by atoms with Crippen molar-refractivity contribution < 1.29 is 14.3 Å². The van der Waals surface area contributed by atoms with Crippen molar-refractivity contribution in [2.45, 2.75) is 19.8 Å². The quantitative estimate of drug-likeness (QED) is 0.700. The summed E-state index contributed by atoms with van der Waals surface area (Å²) in [7, 11) is 1.64. The maximum atomic E-state index is 12.6. The van der Waals surface area contributed by atoms with Crippen molar-refractivity contribution in [2.24, 2.45) is 0 Å². The van der Waals surface area contributed by atoms with Gasteiger partial charge in [0, 0.05) is 43.1 Å². The molecule has 0 aliphatic carbocycles. The zero-order valence-electron chi connectivity index (χ0n) is 16.4. The molecule has 5 nitrogen and oxygen atoms in total. The first kappa shape index (κ1) is 20.1. The van der Waals surface area contributed by atoms with Crippen LogP contribution in [0.1, 0.15) is 23.8 Å². The first-order valence-corrected chi connectivity index (χ1v) is 10.4. The predicted molar refractivity (Wildman–Crippen MR) is 112 cm³/mol. The highest BCUT2D eigenvalue weighted by Crippen LogP contribution is 2.16. The average Bonchev–Trinajstić information content (AvgIpc) is 3.25. The highest BCUT2D eigenvalue weighted by Gasteiger charge is 2.24. The summed E-state index contributed by atoms with van der Waals surface area (Å²) in [5, 5.41) is 2.00. The van der Waals surface area contributed by atoms with Gasteiger partial charge in [0.1, 0.15) is 5.75 Å². The lowest BCUT2D eigenvalue weighted by Crippen LogP contribution is -2.50. The average molecular weight is 399 g/mol. The number of rotatable bonds is 6. The predicted octanol–water partition coefficient (Wildman–Crippen LogP) is 3.46. The maximum absolute atomic E-state index is 12.6. The normalized spacial score (nSPS) is 14.9. The largest absolute Gasteiger partial charge is 0.497 e. The van der Waals surface area contributed by atoms with Gasteiger partial charge in [0.05, 0.1) is 7.11 Å². The number of hydrogen-bond acceptors (Lipinski definition) is 4. The number of nitrogens with zero attached hydrogens (tertiary/aromatic N) is 2. The summed E-state index contributed by atoms with van der Waals surface area (Å²) in [5.41, 5.74) is 1.86. The van der Waals surface area contributed by atoms with Crippen LogP contribution in [-0.2, 0) is 16.0 Å². The van der Waals surface area contributed by atoms with Gasteiger partial charge in [-0.2, -0.15) is 0 Å². The molecule has 1 saturated heterocycles. The Kier molecular flexibility index (Phi) is 6.87. The van der Waals surface area contributed by atoms with Crippen molar-refractivity contribution in [1.82, 2.24) is 9.80 Å². The van der Waals surface area contributed by atoms with Gasteiger partial charge in [-0.15, -0.1) is 11.3 Å². The Morgan fingerprint density at radius 2 is 1.75 bits per heavy atom. The third kappa shape index (κ3) is 5.23. The standard InChI is InChI=1S/C22H26N2O3S/c1-17(16-20-4-3-15-28-20)22(26)24-13-11-23(12-14-24)21(25)10-7-18-5-8-19(27-2)9-6-18/h3-6,8-9,15-16H,7,10-14H2,1-2H3/b17-16+. The van der Waals surface area contributed by atoms with Gasteiger partial charge in [-0.05, 0) is 48.6 Å². The third-order valence-electron chi connectivity index (χ3n) is 4.95. The molecular weight excluding hydrogens is 372 g/mol. The Balaban J connectivity index is 1.46. The first-order chi connectivity index (χ1) is 13.6. The number of aryl methyl sites for hydroxylation is 1. The molecule has 6 heteroatoms. The van der Waals surface area contributed by atoms with E-state index in [-0.39, 0.29) is 11.8 Å². The number of thiophene rings is 1. The molecule has 148 valence electrons. The SMILES string of the molecule is COc1ccc(CCC(=O)N2CCN(C(=O)/C(C)=C/c3cccs3)CC2)cc1. The van der Waals surface area contributed by atoms with Crippen LogP contribution in [0.3, 0.4) is 0 Å². The Morgan fingerprint density at radius 3 is 2.36 bits per heavy atom. The van der Waals surface area contributed by atoms with Crippen LogP contribution in [0.25, 0.3) is 6.08 Å². The summed E-state index contributed by atoms with van der Waals surface area (Å²) in [4.78, 5) is 29.9. The Morgan fingerprint density at radius 1 is 1.07 bits per heavy atom. The molecule has 0 bridgehead atoms. The van der Waals surface area contributed by atoms with E-state index in [1.165, 1.54) is 0 Å². The summed E-state index contributed by atoms with van der Waals surface area (Å²) in [6, 6.07) is 11.8. The third-order valence-corrected chi connectivity index (χ3v) is 5.76. The van der Waals surface area contributed by atoms with Gasteiger partial charge in [0.15, 0.2) is 0 Å². The molecule has 1 aliphatic rings. The molecule has 2 heterocycles. The molecule has 3 rings (SSSR count). The van der Waals surface area contributed by atoms with E-state index in [1.807, 2.05) is 64.6 Å². The summed E-state index contributed by atoms with van der Waals surface area (Å²) >= 11 is 1.62. The molecule has 28 heavy (non-hydrogen) atoms. The van der Waals surface area contributed by atoms with Gasteiger partial charge in [0.2, 0.25) is 11.8 Å². The van der Waals surface area contributed by atoms with Crippen LogP contribution in [0.5, 0.6) is 5.75 Å². The molecule has 2 aromatic rings. The van der Waals surface area contributed by atoms with Crippen molar-refractivity contribution >= 4 is 29.2 Å². The summed E-state index contributed by atoms with van der Waals surface area (Å²) < 4.78 is 5.15. The maximum Gasteiger partial charge on any atom is 0.249 e. The minimum absolute atomic E-state index is 0.0544. The molecule has 0 unspecified atom stereocenters. The molecule has 0 spiro atoms. The zero-order chi connectivity index (χ0) is 19.9. The van der Waals surface area contributed by atoms with E-state index in [2.05, 4.69) is 0 Å². The lowest BCUT2D eigenvalue weighted by atomic mass is 10.1. The Labute approximate surface area is 170 Å². The molecule has 2 amide bonds. The van der Waals surface area contributed by atoms with Crippen molar-refractivity contribution in [2.75, 3.05) is 33.3 Å². The van der Waals surface area contributed by atoms with Gasteiger partial charge in [-0.25, -0.2) is 0 Å². The van der Waals surface area contributed by atoms with E-state index in [9.17, 15) is 9.59 Å². The van der Waals surface area contributed by atoms with Crippen LogP contribution in [-0.4, -0.2) is 54.9 Å².